The van der Waals surface area contributed by atoms with E-state index >= 15 is 0 Å². The van der Waals surface area contributed by atoms with Crippen LogP contribution in [0.3, 0.4) is 0 Å². The second-order valence-corrected chi connectivity index (χ2v) is 5.12. The Labute approximate surface area is 94.9 Å². The lowest BCUT2D eigenvalue weighted by atomic mass is 9.90. The highest BCUT2D eigenvalue weighted by atomic mass is 32.1. The van der Waals surface area contributed by atoms with Gasteiger partial charge in [0.2, 0.25) is 0 Å². The van der Waals surface area contributed by atoms with E-state index in [4.69, 9.17) is 4.74 Å². The van der Waals surface area contributed by atoms with Crippen molar-refractivity contribution in [3.8, 4) is 0 Å². The summed E-state index contributed by atoms with van der Waals surface area (Å²) in [7, 11) is 0. The predicted molar refractivity (Wildman–Crippen MR) is 61.0 cm³/mol. The van der Waals surface area contributed by atoms with Crippen LogP contribution in [0.5, 0.6) is 0 Å². The average molecular weight is 228 g/mol. The number of aliphatic hydroxyl groups is 2. The Morgan fingerprint density at radius 2 is 2.20 bits per heavy atom. The highest BCUT2D eigenvalue weighted by molar-refractivity contribution is 7.81. The number of ether oxygens (including phenoxy) is 1. The van der Waals surface area contributed by atoms with Crippen LogP contribution in [0, 0.1) is 0 Å². The zero-order chi connectivity index (χ0) is 11.1. The third-order valence-electron chi connectivity index (χ3n) is 3.05. The Morgan fingerprint density at radius 3 is 2.73 bits per heavy atom. The van der Waals surface area contributed by atoms with E-state index in [9.17, 15) is 10.2 Å². The van der Waals surface area contributed by atoms with Crippen LogP contribution in [0.4, 0.5) is 0 Å². The summed E-state index contributed by atoms with van der Waals surface area (Å²) < 4.78 is 5.73. The molecule has 3 unspecified atom stereocenters. The minimum absolute atomic E-state index is 0.0664. The summed E-state index contributed by atoms with van der Waals surface area (Å²) in [5.41, 5.74) is -0.283. The van der Waals surface area contributed by atoms with Crippen LogP contribution in [-0.2, 0) is 4.74 Å². The number of rotatable bonds is 3. The summed E-state index contributed by atoms with van der Waals surface area (Å²) in [6.45, 7) is 1.81. The van der Waals surface area contributed by atoms with Gasteiger partial charge < -0.3 is 14.9 Å². The average Bonchev–Trinajstić information content (AvgIpc) is 2.52. The van der Waals surface area contributed by atoms with Gasteiger partial charge in [0.05, 0.1) is 13.2 Å². The largest absolute Gasteiger partial charge is 0.393 e. The summed E-state index contributed by atoms with van der Waals surface area (Å²) in [5, 5.41) is 18.8. The van der Waals surface area contributed by atoms with Crippen molar-refractivity contribution in [1.29, 1.82) is 0 Å². The minimum atomic E-state index is -0.743. The zero-order valence-corrected chi connectivity index (χ0v) is 9.58. The van der Waals surface area contributed by atoms with E-state index in [1.54, 1.807) is 0 Å². The van der Waals surface area contributed by atoms with Gasteiger partial charge in [0.25, 0.3) is 0 Å². The summed E-state index contributed by atoms with van der Waals surface area (Å²) in [5.74, 6) is 0. The van der Waals surface area contributed by atoms with Gasteiger partial charge in [-0.1, -0.05) is 11.6 Å². The molecule has 0 fully saturated rings. The van der Waals surface area contributed by atoms with Crippen LogP contribution in [0.15, 0.2) is 23.8 Å². The van der Waals surface area contributed by atoms with Gasteiger partial charge in [0.15, 0.2) is 0 Å². The first-order valence-corrected chi connectivity index (χ1v) is 5.58. The fourth-order valence-electron chi connectivity index (χ4n) is 2.16. The lowest BCUT2D eigenvalue weighted by molar-refractivity contribution is -0.114. The zero-order valence-electron chi connectivity index (χ0n) is 8.68. The SMILES string of the molecule is CC(S)C1=CC2(CO)C=CC(CO)(C1)O2. The molecule has 2 rings (SSSR count). The molecule has 2 heterocycles. The second-order valence-electron chi connectivity index (χ2n) is 4.34. The monoisotopic (exact) mass is 228 g/mol. The van der Waals surface area contributed by atoms with E-state index in [0.717, 1.165) is 5.57 Å². The second kappa shape index (κ2) is 3.63. The van der Waals surface area contributed by atoms with Crippen LogP contribution >= 0.6 is 12.6 Å². The Bertz CT molecular complexity index is 324. The van der Waals surface area contributed by atoms with Crippen molar-refractivity contribution < 1.29 is 14.9 Å². The van der Waals surface area contributed by atoms with E-state index in [1.165, 1.54) is 0 Å². The Kier molecular flexibility index (Phi) is 2.71. The Hall–Kier alpha value is -0.290. The fraction of sp³-hybridized carbons (Fsp3) is 0.636. The van der Waals surface area contributed by atoms with Crippen molar-refractivity contribution in [2.24, 2.45) is 0 Å². The normalized spacial score (nSPS) is 40.4. The van der Waals surface area contributed by atoms with Gasteiger partial charge in [-0.05, 0) is 19.1 Å². The molecular formula is C11H16O3S. The number of thiol groups is 1. The van der Waals surface area contributed by atoms with Crippen molar-refractivity contribution in [3.63, 3.8) is 0 Å². The summed E-state index contributed by atoms with van der Waals surface area (Å²) in [6, 6.07) is 0. The molecule has 0 aromatic rings. The molecule has 2 aliphatic rings. The maximum absolute atomic E-state index is 9.37. The first kappa shape index (κ1) is 11.2. The molecule has 0 aliphatic carbocycles. The van der Waals surface area contributed by atoms with Crippen LogP contribution in [0.1, 0.15) is 13.3 Å². The molecule has 0 saturated heterocycles. The maximum atomic E-state index is 9.37. The molecule has 0 spiro atoms. The van der Waals surface area contributed by atoms with Crippen LogP contribution in [0.2, 0.25) is 0 Å². The quantitative estimate of drug-likeness (QED) is 0.492. The van der Waals surface area contributed by atoms with Gasteiger partial charge in [-0.25, -0.2) is 0 Å². The number of fused-ring (bicyclic) bond motifs is 2. The molecule has 0 aromatic heterocycles. The van der Waals surface area contributed by atoms with Gasteiger partial charge in [-0.3, -0.25) is 0 Å². The molecule has 2 bridgehead atoms. The molecule has 0 aromatic carbocycles. The predicted octanol–water partition coefficient (Wildman–Crippen LogP) is 0.683. The molecule has 0 saturated carbocycles. The summed E-state index contributed by atoms with van der Waals surface area (Å²) in [4.78, 5) is 0. The minimum Gasteiger partial charge on any atom is -0.393 e. The highest BCUT2D eigenvalue weighted by Gasteiger charge is 2.47. The van der Waals surface area contributed by atoms with E-state index in [0.29, 0.717) is 6.42 Å². The molecule has 2 N–H and O–H groups in total. The van der Waals surface area contributed by atoms with Gasteiger partial charge in [-0.15, -0.1) is 0 Å². The Morgan fingerprint density at radius 1 is 1.47 bits per heavy atom. The van der Waals surface area contributed by atoms with Crippen LogP contribution in [-0.4, -0.2) is 39.9 Å². The van der Waals surface area contributed by atoms with Crippen LogP contribution < -0.4 is 0 Å². The van der Waals surface area contributed by atoms with Crippen molar-refractivity contribution in [1.82, 2.24) is 0 Å². The van der Waals surface area contributed by atoms with E-state index < -0.39 is 11.2 Å². The molecule has 15 heavy (non-hydrogen) atoms. The molecule has 84 valence electrons. The van der Waals surface area contributed by atoms with Crippen molar-refractivity contribution in [2.45, 2.75) is 29.8 Å². The summed E-state index contributed by atoms with van der Waals surface area (Å²) in [6.07, 6.45) is 6.24. The molecule has 0 amide bonds. The molecular weight excluding hydrogens is 212 g/mol. The molecule has 2 aliphatic heterocycles. The molecule has 4 heteroatoms. The number of aliphatic hydroxyl groups excluding tert-OH is 2. The topological polar surface area (TPSA) is 49.7 Å². The van der Waals surface area contributed by atoms with E-state index in [-0.39, 0.29) is 18.5 Å². The summed E-state index contributed by atoms with van der Waals surface area (Å²) >= 11 is 4.39. The Balaban J connectivity index is 2.36. The molecule has 3 atom stereocenters. The van der Waals surface area contributed by atoms with Gasteiger partial charge in [0, 0.05) is 11.7 Å². The highest BCUT2D eigenvalue weighted by Crippen LogP contribution is 2.43. The fourth-order valence-corrected chi connectivity index (χ4v) is 2.33. The lowest BCUT2D eigenvalue weighted by Crippen LogP contribution is -2.45. The van der Waals surface area contributed by atoms with Gasteiger partial charge >= 0.3 is 0 Å². The van der Waals surface area contributed by atoms with Gasteiger partial charge in [0.1, 0.15) is 11.2 Å². The third kappa shape index (κ3) is 1.76. The van der Waals surface area contributed by atoms with Crippen molar-refractivity contribution in [3.05, 3.63) is 23.8 Å². The maximum Gasteiger partial charge on any atom is 0.129 e. The third-order valence-corrected chi connectivity index (χ3v) is 3.38. The first-order valence-electron chi connectivity index (χ1n) is 5.07. The first-order chi connectivity index (χ1) is 7.05. The van der Waals surface area contributed by atoms with Crippen molar-refractivity contribution in [2.75, 3.05) is 13.2 Å². The standard InChI is InChI=1S/C11H16O3S/c1-8(15)9-4-10(6-12)2-3-11(5-9,7-13)14-10/h2-4,8,12-13,15H,5-7H2,1H3. The smallest absolute Gasteiger partial charge is 0.129 e. The van der Waals surface area contributed by atoms with Crippen LogP contribution in [0.25, 0.3) is 0 Å². The van der Waals surface area contributed by atoms with Crippen molar-refractivity contribution >= 4 is 12.6 Å². The molecule has 0 radical (unpaired) electrons. The number of hydrogen-bond acceptors (Lipinski definition) is 4. The number of hydrogen-bond donors (Lipinski definition) is 3. The lowest BCUT2D eigenvalue weighted by Gasteiger charge is -2.38. The van der Waals surface area contributed by atoms with E-state index in [2.05, 4.69) is 12.6 Å². The van der Waals surface area contributed by atoms with Gasteiger partial charge in [-0.2, -0.15) is 12.6 Å². The van der Waals surface area contributed by atoms with E-state index in [1.807, 2.05) is 25.2 Å². The molecule has 3 nitrogen and oxygen atoms in total.